The van der Waals surface area contributed by atoms with Gasteiger partial charge in [0.15, 0.2) is 0 Å². The van der Waals surface area contributed by atoms with Crippen molar-refractivity contribution in [1.29, 1.82) is 0 Å². The van der Waals surface area contributed by atoms with Crippen LogP contribution in [0, 0.1) is 0 Å². The van der Waals surface area contributed by atoms with Crippen LogP contribution in [0.3, 0.4) is 0 Å². The summed E-state index contributed by atoms with van der Waals surface area (Å²) in [5.74, 6) is -14.5. The number of aliphatic hydroxyl groups is 9. The molecule has 10 heteroatoms. The van der Waals surface area contributed by atoms with Crippen molar-refractivity contribution >= 4 is 5.78 Å². The summed E-state index contributed by atoms with van der Waals surface area (Å²) >= 11 is 0. The Labute approximate surface area is 98.9 Å². The molecule has 18 heavy (non-hydrogen) atoms. The Hall–Kier alpha value is -0.950. The van der Waals surface area contributed by atoms with Crippen molar-refractivity contribution < 1.29 is 50.8 Å². The maximum Gasteiger partial charge on any atom is 0.342 e. The molecule has 0 bridgehead atoms. The van der Waals surface area contributed by atoms with Gasteiger partial charge in [-0.2, -0.15) is 0 Å². The molecule has 0 amide bonds. The fourth-order valence-electron chi connectivity index (χ4n) is 1.46. The number of rotatable bonds is 2. The highest BCUT2D eigenvalue weighted by Crippen LogP contribution is 2.39. The topological polar surface area (TPSA) is 199 Å². The minimum Gasteiger partial charge on any atom is -0.383 e. The summed E-state index contributed by atoms with van der Waals surface area (Å²) in [6, 6.07) is 0. The third kappa shape index (κ3) is 1.76. The van der Waals surface area contributed by atoms with Gasteiger partial charge in [0.1, 0.15) is 6.10 Å². The van der Waals surface area contributed by atoms with Gasteiger partial charge in [-0.25, -0.2) is 0 Å². The van der Waals surface area contributed by atoms with Crippen LogP contribution in [-0.2, 0) is 4.79 Å². The zero-order valence-electron chi connectivity index (χ0n) is 8.67. The van der Waals surface area contributed by atoms with Crippen LogP contribution in [0.15, 0.2) is 12.2 Å². The van der Waals surface area contributed by atoms with Gasteiger partial charge >= 0.3 is 5.97 Å². The van der Waals surface area contributed by atoms with Crippen LogP contribution >= 0.6 is 0 Å². The predicted octanol–water partition coefficient (Wildman–Crippen LogP) is -5.79. The molecule has 0 aromatic carbocycles. The minimum atomic E-state index is -4.17. The smallest absolute Gasteiger partial charge is 0.342 e. The molecule has 2 atom stereocenters. The lowest BCUT2D eigenvalue weighted by molar-refractivity contribution is -0.419. The first-order valence-corrected chi connectivity index (χ1v) is 4.50. The second-order valence-corrected chi connectivity index (χ2v) is 3.93. The van der Waals surface area contributed by atoms with E-state index in [0.717, 1.165) is 0 Å². The van der Waals surface area contributed by atoms with E-state index in [4.69, 9.17) is 20.4 Å². The molecule has 1 rings (SSSR count). The molecule has 10 nitrogen and oxygen atoms in total. The normalized spacial score (nSPS) is 34.4. The van der Waals surface area contributed by atoms with E-state index in [9.17, 15) is 30.3 Å². The van der Waals surface area contributed by atoms with Crippen molar-refractivity contribution in [2.45, 2.75) is 29.3 Å². The number of ketones is 1. The van der Waals surface area contributed by atoms with Gasteiger partial charge in [-0.05, 0) is 6.08 Å². The molecule has 0 spiro atoms. The molecule has 104 valence electrons. The molecule has 0 fully saturated rings. The van der Waals surface area contributed by atoms with Crippen molar-refractivity contribution in [3.8, 4) is 0 Å². The zero-order chi connectivity index (χ0) is 14.6. The van der Waals surface area contributed by atoms with E-state index < -0.39 is 35.0 Å². The Kier molecular flexibility index (Phi) is 3.17. The number of hydrogen-bond acceptors (Lipinski definition) is 10. The van der Waals surface area contributed by atoms with Gasteiger partial charge < -0.3 is 46.0 Å². The SMILES string of the molecule is O=C(C(O)(O)O)C1(O)C=CC(O)C(O)(O)C1(O)O. The van der Waals surface area contributed by atoms with Crippen LogP contribution in [0.1, 0.15) is 0 Å². The lowest BCUT2D eigenvalue weighted by atomic mass is 9.75. The van der Waals surface area contributed by atoms with Crippen LogP contribution in [0.25, 0.3) is 0 Å². The third-order valence-corrected chi connectivity index (χ3v) is 2.63. The van der Waals surface area contributed by atoms with Crippen LogP contribution in [0.4, 0.5) is 0 Å². The fraction of sp³-hybridized carbons (Fsp3) is 0.625. The standard InChI is InChI=1S/C8H12O10/c9-3-1-2-5(11,4(10)7(14,15)16)8(17,18)6(3,12)13/h1-3,9,11-18H. The van der Waals surface area contributed by atoms with Crippen molar-refractivity contribution in [3.05, 3.63) is 12.2 Å². The molecule has 1 aliphatic carbocycles. The van der Waals surface area contributed by atoms with Gasteiger partial charge in [0.25, 0.3) is 17.4 Å². The average molecular weight is 268 g/mol. The van der Waals surface area contributed by atoms with Gasteiger partial charge in [0.2, 0.25) is 5.60 Å². The van der Waals surface area contributed by atoms with E-state index >= 15 is 0 Å². The molecule has 9 N–H and O–H groups in total. The Morgan fingerprint density at radius 3 is 1.89 bits per heavy atom. The average Bonchev–Trinajstić information content (AvgIpc) is 2.20. The largest absolute Gasteiger partial charge is 0.383 e. The summed E-state index contributed by atoms with van der Waals surface area (Å²) in [6.07, 6.45) is -1.75. The molecular weight excluding hydrogens is 256 g/mol. The van der Waals surface area contributed by atoms with E-state index in [0.29, 0.717) is 6.08 Å². The summed E-state index contributed by atoms with van der Waals surface area (Å²) in [5, 5.41) is 81.6. The summed E-state index contributed by atoms with van der Waals surface area (Å²) < 4.78 is 0. The fourth-order valence-corrected chi connectivity index (χ4v) is 1.46. The predicted molar refractivity (Wildman–Crippen MR) is 48.8 cm³/mol. The van der Waals surface area contributed by atoms with E-state index in [-0.39, 0.29) is 6.08 Å². The molecule has 0 saturated carbocycles. The van der Waals surface area contributed by atoms with Gasteiger partial charge in [0.05, 0.1) is 0 Å². The first-order valence-electron chi connectivity index (χ1n) is 4.50. The second kappa shape index (κ2) is 3.77. The van der Waals surface area contributed by atoms with Crippen molar-refractivity contribution in [3.63, 3.8) is 0 Å². The molecule has 1 aliphatic rings. The maximum atomic E-state index is 11.3. The van der Waals surface area contributed by atoms with Gasteiger partial charge in [-0.15, -0.1) is 0 Å². The van der Waals surface area contributed by atoms with Gasteiger partial charge in [-0.1, -0.05) is 6.08 Å². The van der Waals surface area contributed by atoms with Gasteiger partial charge in [-0.3, -0.25) is 4.79 Å². The lowest BCUT2D eigenvalue weighted by Gasteiger charge is -2.47. The van der Waals surface area contributed by atoms with E-state index in [1.807, 2.05) is 0 Å². The Morgan fingerprint density at radius 1 is 1.06 bits per heavy atom. The lowest BCUT2D eigenvalue weighted by Crippen LogP contribution is -2.77. The monoisotopic (exact) mass is 268 g/mol. The van der Waals surface area contributed by atoms with E-state index in [1.165, 1.54) is 0 Å². The molecule has 0 heterocycles. The molecule has 2 unspecified atom stereocenters. The summed E-state index contributed by atoms with van der Waals surface area (Å²) in [4.78, 5) is 11.3. The number of Topliss-reactive ketones (excluding diaryl/α,β-unsaturated/α-hetero) is 1. The van der Waals surface area contributed by atoms with Gasteiger partial charge in [0, 0.05) is 0 Å². The Morgan fingerprint density at radius 2 is 1.50 bits per heavy atom. The zero-order valence-corrected chi connectivity index (χ0v) is 8.67. The van der Waals surface area contributed by atoms with Crippen LogP contribution in [0.5, 0.6) is 0 Å². The van der Waals surface area contributed by atoms with Crippen molar-refractivity contribution in [2.24, 2.45) is 0 Å². The minimum absolute atomic E-state index is 0.169. The first-order chi connectivity index (χ1) is 7.78. The van der Waals surface area contributed by atoms with Crippen LogP contribution < -0.4 is 0 Å². The molecule has 0 aromatic heterocycles. The molecular formula is C8H12O10. The Bertz CT molecular complexity index is 391. The van der Waals surface area contributed by atoms with Crippen molar-refractivity contribution in [1.82, 2.24) is 0 Å². The molecule has 0 radical (unpaired) electrons. The Balaban J connectivity index is 3.42. The highest BCUT2D eigenvalue weighted by molar-refractivity contribution is 5.95. The number of aliphatic hydroxyl groups excluding tert-OH is 1. The van der Waals surface area contributed by atoms with Crippen LogP contribution in [0.2, 0.25) is 0 Å². The van der Waals surface area contributed by atoms with E-state index in [1.54, 1.807) is 0 Å². The third-order valence-electron chi connectivity index (χ3n) is 2.63. The number of carbonyl (C=O) groups is 1. The quantitative estimate of drug-likeness (QED) is 0.171. The number of hydrogen-bond donors (Lipinski definition) is 9. The summed E-state index contributed by atoms with van der Waals surface area (Å²) in [7, 11) is 0. The number of carbonyl (C=O) groups excluding carboxylic acids is 1. The first kappa shape index (κ1) is 15.1. The highest BCUT2D eigenvalue weighted by Gasteiger charge is 2.71. The van der Waals surface area contributed by atoms with Crippen LogP contribution in [-0.4, -0.2) is 81.0 Å². The summed E-state index contributed by atoms with van der Waals surface area (Å²) in [6.45, 7) is 0. The molecule has 0 aliphatic heterocycles. The maximum absolute atomic E-state index is 11.3. The molecule has 0 aromatic rings. The molecule has 0 saturated heterocycles. The second-order valence-electron chi connectivity index (χ2n) is 3.93. The van der Waals surface area contributed by atoms with E-state index in [2.05, 4.69) is 0 Å². The summed E-state index contributed by atoms with van der Waals surface area (Å²) in [5.41, 5.74) is -3.69. The highest BCUT2D eigenvalue weighted by atomic mass is 16.7. The van der Waals surface area contributed by atoms with Crippen molar-refractivity contribution in [2.75, 3.05) is 0 Å².